The van der Waals surface area contributed by atoms with Crippen molar-refractivity contribution in [3.05, 3.63) is 64.2 Å². The molecule has 4 rings (SSSR count). The van der Waals surface area contributed by atoms with Gasteiger partial charge in [0.25, 0.3) is 5.91 Å². The van der Waals surface area contributed by atoms with Crippen LogP contribution in [0.3, 0.4) is 0 Å². The van der Waals surface area contributed by atoms with Gasteiger partial charge in [0.1, 0.15) is 6.10 Å². The number of fused-ring (bicyclic) bond motifs is 1. The molecule has 1 aliphatic heterocycles. The number of ether oxygens (including phenoxy) is 1. The van der Waals surface area contributed by atoms with Crippen molar-refractivity contribution < 1.29 is 9.53 Å². The van der Waals surface area contributed by atoms with Crippen LogP contribution in [0.15, 0.2) is 42.5 Å². The maximum Gasteiger partial charge on any atom is 0.271 e. The number of aromatic amines is 1. The zero-order valence-corrected chi connectivity index (χ0v) is 14.7. The molecule has 0 bridgehead atoms. The number of thiophene rings is 1. The number of nitrogens with zero attached hydrogens (tertiary/aromatic N) is 1. The van der Waals surface area contributed by atoms with Crippen molar-refractivity contribution in [1.82, 2.24) is 15.5 Å². The summed E-state index contributed by atoms with van der Waals surface area (Å²) in [6, 6.07) is 14.1. The average Bonchev–Trinajstić information content (AvgIpc) is 3.28. The topological polar surface area (TPSA) is 67.0 Å². The molecule has 3 aromatic rings. The Kier molecular flexibility index (Phi) is 4.38. The second-order valence-corrected chi connectivity index (χ2v) is 7.38. The minimum absolute atomic E-state index is 0.104. The number of benzene rings is 1. The molecule has 6 heteroatoms. The SMILES string of the molecule is Cc1ccc(-c2cc(C(=O)NCC3OCCc4ccccc43)n[nH]2)s1. The van der Waals surface area contributed by atoms with Crippen molar-refractivity contribution >= 4 is 17.2 Å². The number of H-pyrrole nitrogens is 1. The Bertz CT molecular complexity index is 899. The molecule has 2 aromatic heterocycles. The van der Waals surface area contributed by atoms with Crippen molar-refractivity contribution in [2.45, 2.75) is 19.4 Å². The Morgan fingerprint density at radius 3 is 3.08 bits per heavy atom. The fourth-order valence-corrected chi connectivity index (χ4v) is 3.90. The number of nitrogens with one attached hydrogen (secondary N) is 2. The molecule has 1 aliphatic rings. The molecule has 1 unspecified atom stereocenters. The Hall–Kier alpha value is -2.44. The van der Waals surface area contributed by atoms with Gasteiger partial charge in [0.05, 0.1) is 17.2 Å². The maximum absolute atomic E-state index is 12.4. The Labute approximate surface area is 150 Å². The molecule has 1 aromatic carbocycles. The molecule has 0 aliphatic carbocycles. The summed E-state index contributed by atoms with van der Waals surface area (Å²) in [5.41, 5.74) is 3.71. The van der Waals surface area contributed by atoms with E-state index in [9.17, 15) is 4.79 Å². The fourth-order valence-electron chi connectivity index (χ4n) is 3.07. The number of aryl methyl sites for hydroxylation is 1. The molecule has 25 heavy (non-hydrogen) atoms. The van der Waals surface area contributed by atoms with Crippen molar-refractivity contribution in [2.24, 2.45) is 0 Å². The van der Waals surface area contributed by atoms with Crippen LogP contribution < -0.4 is 5.32 Å². The van der Waals surface area contributed by atoms with Gasteiger partial charge in [-0.3, -0.25) is 9.89 Å². The van der Waals surface area contributed by atoms with E-state index in [-0.39, 0.29) is 12.0 Å². The van der Waals surface area contributed by atoms with Crippen LogP contribution >= 0.6 is 11.3 Å². The van der Waals surface area contributed by atoms with Gasteiger partial charge in [0.15, 0.2) is 5.69 Å². The van der Waals surface area contributed by atoms with Crippen LogP contribution in [-0.2, 0) is 11.2 Å². The molecule has 0 saturated heterocycles. The van der Waals surface area contributed by atoms with Gasteiger partial charge in [0.2, 0.25) is 0 Å². The summed E-state index contributed by atoms with van der Waals surface area (Å²) < 4.78 is 5.83. The lowest BCUT2D eigenvalue weighted by Crippen LogP contribution is -2.32. The van der Waals surface area contributed by atoms with E-state index in [1.54, 1.807) is 17.4 Å². The normalized spacial score (nSPS) is 16.4. The largest absolute Gasteiger partial charge is 0.371 e. The first-order valence-corrected chi connectivity index (χ1v) is 9.12. The molecule has 0 spiro atoms. The zero-order valence-electron chi connectivity index (χ0n) is 13.9. The number of hydrogen-bond donors (Lipinski definition) is 2. The molecule has 1 amide bonds. The van der Waals surface area contributed by atoms with Crippen molar-refractivity contribution in [3.63, 3.8) is 0 Å². The number of hydrogen-bond acceptors (Lipinski definition) is 4. The van der Waals surface area contributed by atoms with Gasteiger partial charge in [-0.05, 0) is 42.7 Å². The summed E-state index contributed by atoms with van der Waals surface area (Å²) in [5, 5.41) is 10.0. The van der Waals surface area contributed by atoms with Gasteiger partial charge in [-0.25, -0.2) is 0 Å². The number of carbonyl (C=O) groups is 1. The predicted molar refractivity (Wildman–Crippen MR) is 97.8 cm³/mol. The Balaban J connectivity index is 1.43. The number of carbonyl (C=O) groups excluding carboxylic acids is 1. The standard InChI is InChI=1S/C19H19N3O2S/c1-12-6-7-18(25-12)15-10-16(22-21-15)19(23)20-11-17-14-5-3-2-4-13(14)8-9-24-17/h2-7,10,17H,8-9,11H2,1H3,(H,20,23)(H,21,22). The van der Waals surface area contributed by atoms with Crippen LogP contribution in [0.4, 0.5) is 0 Å². The van der Waals surface area contributed by atoms with Gasteiger partial charge < -0.3 is 10.1 Å². The van der Waals surface area contributed by atoms with Crippen LogP contribution in [0, 0.1) is 6.92 Å². The molecule has 128 valence electrons. The van der Waals surface area contributed by atoms with Crippen LogP contribution in [0.1, 0.15) is 32.6 Å². The highest BCUT2D eigenvalue weighted by Gasteiger charge is 2.21. The molecule has 0 fully saturated rings. The van der Waals surface area contributed by atoms with Crippen LogP contribution in [0.25, 0.3) is 10.6 Å². The summed E-state index contributed by atoms with van der Waals surface area (Å²) >= 11 is 1.67. The maximum atomic E-state index is 12.4. The highest BCUT2D eigenvalue weighted by Crippen LogP contribution is 2.27. The highest BCUT2D eigenvalue weighted by molar-refractivity contribution is 7.15. The molecule has 0 radical (unpaired) electrons. The van der Waals surface area contributed by atoms with E-state index in [0.717, 1.165) is 22.6 Å². The average molecular weight is 353 g/mol. The van der Waals surface area contributed by atoms with Crippen molar-refractivity contribution in [2.75, 3.05) is 13.2 Å². The first-order valence-electron chi connectivity index (χ1n) is 8.30. The summed E-state index contributed by atoms with van der Waals surface area (Å²) in [5.74, 6) is -0.192. The quantitative estimate of drug-likeness (QED) is 0.754. The highest BCUT2D eigenvalue weighted by atomic mass is 32.1. The Morgan fingerprint density at radius 2 is 2.24 bits per heavy atom. The third-order valence-electron chi connectivity index (χ3n) is 4.36. The Morgan fingerprint density at radius 1 is 1.36 bits per heavy atom. The third kappa shape index (κ3) is 3.36. The molecular weight excluding hydrogens is 334 g/mol. The number of amides is 1. The summed E-state index contributed by atoms with van der Waals surface area (Å²) in [6.45, 7) is 3.18. The molecule has 1 atom stereocenters. The van der Waals surface area contributed by atoms with Crippen LogP contribution in [0.5, 0.6) is 0 Å². The lowest BCUT2D eigenvalue weighted by atomic mass is 9.97. The molecule has 3 heterocycles. The van der Waals surface area contributed by atoms with Crippen molar-refractivity contribution in [1.29, 1.82) is 0 Å². The predicted octanol–water partition coefficient (Wildman–Crippen LogP) is 3.49. The van der Waals surface area contributed by atoms with E-state index in [2.05, 4.69) is 40.6 Å². The van der Waals surface area contributed by atoms with E-state index in [4.69, 9.17) is 4.74 Å². The van der Waals surface area contributed by atoms with E-state index in [1.807, 2.05) is 18.2 Å². The van der Waals surface area contributed by atoms with E-state index >= 15 is 0 Å². The summed E-state index contributed by atoms with van der Waals surface area (Å²) in [6.07, 6.45) is 0.816. The number of aromatic nitrogens is 2. The smallest absolute Gasteiger partial charge is 0.271 e. The summed E-state index contributed by atoms with van der Waals surface area (Å²) in [7, 11) is 0. The molecular formula is C19H19N3O2S. The van der Waals surface area contributed by atoms with E-state index in [1.165, 1.54) is 10.4 Å². The lowest BCUT2D eigenvalue weighted by Gasteiger charge is -2.26. The minimum Gasteiger partial charge on any atom is -0.371 e. The zero-order chi connectivity index (χ0) is 17.2. The monoisotopic (exact) mass is 353 g/mol. The third-order valence-corrected chi connectivity index (χ3v) is 5.39. The second kappa shape index (κ2) is 6.82. The van der Waals surface area contributed by atoms with Gasteiger partial charge in [-0.1, -0.05) is 24.3 Å². The fraction of sp³-hybridized carbons (Fsp3) is 0.263. The number of rotatable bonds is 4. The molecule has 5 nitrogen and oxygen atoms in total. The van der Waals surface area contributed by atoms with Gasteiger partial charge >= 0.3 is 0 Å². The minimum atomic E-state index is -0.192. The van der Waals surface area contributed by atoms with Gasteiger partial charge in [0, 0.05) is 11.4 Å². The van der Waals surface area contributed by atoms with Gasteiger partial charge in [-0.2, -0.15) is 5.10 Å². The van der Waals surface area contributed by atoms with Crippen LogP contribution in [0.2, 0.25) is 0 Å². The first kappa shape index (κ1) is 16.1. The summed E-state index contributed by atoms with van der Waals surface area (Å²) in [4.78, 5) is 14.7. The van der Waals surface area contributed by atoms with Crippen LogP contribution in [-0.4, -0.2) is 29.3 Å². The lowest BCUT2D eigenvalue weighted by molar-refractivity contribution is 0.0411. The van der Waals surface area contributed by atoms with E-state index < -0.39 is 0 Å². The molecule has 2 N–H and O–H groups in total. The second-order valence-electron chi connectivity index (χ2n) is 6.10. The van der Waals surface area contributed by atoms with Crippen molar-refractivity contribution in [3.8, 4) is 10.6 Å². The van der Waals surface area contributed by atoms with E-state index in [0.29, 0.717) is 18.8 Å². The van der Waals surface area contributed by atoms with Gasteiger partial charge in [-0.15, -0.1) is 11.3 Å². The first-order chi connectivity index (χ1) is 12.2. The molecule has 0 saturated carbocycles.